The van der Waals surface area contributed by atoms with Crippen LogP contribution in [0.25, 0.3) is 0 Å². The van der Waals surface area contributed by atoms with Gasteiger partial charge in [-0.2, -0.15) is 12.6 Å². The maximum absolute atomic E-state index is 5.40. The predicted molar refractivity (Wildman–Crippen MR) is 59.9 cm³/mol. The molecule has 0 aliphatic heterocycles. The molecule has 1 aromatic carbocycles. The standard InChI is InChI=1S/C11H16OS/c1-3-12-11-5-4-10(6-7-13)9(2)8-11/h4-5,8,13H,3,6-7H2,1-2H3. The first-order chi connectivity index (χ1) is 6.27. The lowest BCUT2D eigenvalue weighted by Crippen LogP contribution is -1.95. The van der Waals surface area contributed by atoms with Gasteiger partial charge in [0.2, 0.25) is 0 Å². The molecule has 72 valence electrons. The van der Waals surface area contributed by atoms with Crippen molar-refractivity contribution in [2.24, 2.45) is 0 Å². The minimum atomic E-state index is 0.728. The third kappa shape index (κ3) is 2.96. The summed E-state index contributed by atoms with van der Waals surface area (Å²) in [6.07, 6.45) is 1.03. The van der Waals surface area contributed by atoms with Crippen LogP contribution in [0.15, 0.2) is 18.2 Å². The fraction of sp³-hybridized carbons (Fsp3) is 0.455. The number of aryl methyl sites for hydroxylation is 2. The van der Waals surface area contributed by atoms with Crippen molar-refractivity contribution in [1.29, 1.82) is 0 Å². The molecule has 0 spiro atoms. The van der Waals surface area contributed by atoms with Gasteiger partial charge < -0.3 is 4.74 Å². The van der Waals surface area contributed by atoms with E-state index < -0.39 is 0 Å². The molecule has 0 aliphatic carbocycles. The molecule has 2 heteroatoms. The van der Waals surface area contributed by atoms with Crippen LogP contribution in [0.1, 0.15) is 18.1 Å². The molecule has 0 amide bonds. The second-order valence-electron chi connectivity index (χ2n) is 2.99. The summed E-state index contributed by atoms with van der Waals surface area (Å²) in [6.45, 7) is 4.84. The maximum atomic E-state index is 5.40. The largest absolute Gasteiger partial charge is 0.494 e. The van der Waals surface area contributed by atoms with Gasteiger partial charge in [0.1, 0.15) is 5.75 Å². The van der Waals surface area contributed by atoms with Gasteiger partial charge >= 0.3 is 0 Å². The fourth-order valence-corrected chi connectivity index (χ4v) is 1.57. The van der Waals surface area contributed by atoms with Crippen LogP contribution < -0.4 is 4.74 Å². The minimum Gasteiger partial charge on any atom is -0.494 e. The van der Waals surface area contributed by atoms with Gasteiger partial charge in [-0.1, -0.05) is 6.07 Å². The summed E-state index contributed by atoms with van der Waals surface area (Å²) in [5, 5.41) is 0. The van der Waals surface area contributed by atoms with Gasteiger partial charge in [-0.25, -0.2) is 0 Å². The zero-order valence-electron chi connectivity index (χ0n) is 8.21. The topological polar surface area (TPSA) is 9.23 Å². The van der Waals surface area contributed by atoms with Crippen molar-refractivity contribution < 1.29 is 4.74 Å². The molecule has 0 atom stereocenters. The molecule has 0 aromatic heterocycles. The zero-order chi connectivity index (χ0) is 9.68. The summed E-state index contributed by atoms with van der Waals surface area (Å²) in [6, 6.07) is 6.23. The first-order valence-corrected chi connectivity index (χ1v) is 5.24. The van der Waals surface area contributed by atoms with Gasteiger partial charge in [0, 0.05) is 0 Å². The van der Waals surface area contributed by atoms with Crippen molar-refractivity contribution in [1.82, 2.24) is 0 Å². The Labute approximate surface area is 85.5 Å². The SMILES string of the molecule is CCOc1ccc(CCS)c(C)c1. The lowest BCUT2D eigenvalue weighted by Gasteiger charge is -2.07. The fourth-order valence-electron chi connectivity index (χ4n) is 1.33. The molecule has 1 nitrogen and oxygen atoms in total. The first-order valence-electron chi connectivity index (χ1n) is 4.61. The smallest absolute Gasteiger partial charge is 0.119 e. The molecule has 0 fully saturated rings. The van der Waals surface area contributed by atoms with Gasteiger partial charge in [0.05, 0.1) is 6.61 Å². The first kappa shape index (κ1) is 10.5. The summed E-state index contributed by atoms with van der Waals surface area (Å²) in [5.41, 5.74) is 2.65. The summed E-state index contributed by atoms with van der Waals surface area (Å²) in [4.78, 5) is 0. The molecule has 0 saturated carbocycles. The van der Waals surface area contributed by atoms with Gasteiger partial charge in [0.15, 0.2) is 0 Å². The van der Waals surface area contributed by atoms with Crippen molar-refractivity contribution in [3.8, 4) is 5.75 Å². The molecule has 0 aliphatic rings. The molecule has 1 aromatic rings. The summed E-state index contributed by atoms with van der Waals surface area (Å²) in [5.74, 6) is 1.86. The number of hydrogen-bond donors (Lipinski definition) is 1. The molecule has 13 heavy (non-hydrogen) atoms. The van der Waals surface area contributed by atoms with E-state index in [9.17, 15) is 0 Å². The van der Waals surface area contributed by atoms with Gasteiger partial charge in [-0.3, -0.25) is 0 Å². The van der Waals surface area contributed by atoms with Crippen molar-refractivity contribution in [2.45, 2.75) is 20.3 Å². The molecule has 0 radical (unpaired) electrons. The molecule has 0 saturated heterocycles. The lowest BCUT2D eigenvalue weighted by molar-refractivity contribution is 0.340. The number of ether oxygens (including phenoxy) is 1. The van der Waals surface area contributed by atoms with Crippen LogP contribution in [0.4, 0.5) is 0 Å². The van der Waals surface area contributed by atoms with Crippen LogP contribution in [-0.4, -0.2) is 12.4 Å². The van der Waals surface area contributed by atoms with E-state index in [2.05, 4.69) is 31.7 Å². The van der Waals surface area contributed by atoms with Crippen LogP contribution in [0.3, 0.4) is 0 Å². The molecular weight excluding hydrogens is 180 g/mol. The Hall–Kier alpha value is -0.630. The molecule has 0 unspecified atom stereocenters. The Morgan fingerprint density at radius 2 is 2.15 bits per heavy atom. The van der Waals surface area contributed by atoms with E-state index in [-0.39, 0.29) is 0 Å². The van der Waals surface area contributed by atoms with Crippen LogP contribution in [0.5, 0.6) is 5.75 Å². The Kier molecular flexibility index (Phi) is 4.16. The average Bonchev–Trinajstić information content (AvgIpc) is 2.10. The molecular formula is C11H16OS. The van der Waals surface area contributed by atoms with Crippen molar-refractivity contribution >= 4 is 12.6 Å². The predicted octanol–water partition coefficient (Wildman–Crippen LogP) is 2.87. The lowest BCUT2D eigenvalue weighted by atomic mass is 10.1. The molecule has 0 bridgehead atoms. The molecule has 0 N–H and O–H groups in total. The third-order valence-electron chi connectivity index (χ3n) is 2.01. The van der Waals surface area contributed by atoms with Crippen molar-refractivity contribution in [3.05, 3.63) is 29.3 Å². The van der Waals surface area contributed by atoms with Gasteiger partial charge in [-0.05, 0) is 49.3 Å². The highest BCUT2D eigenvalue weighted by Gasteiger charge is 1.99. The van der Waals surface area contributed by atoms with E-state index in [0.717, 1.165) is 24.5 Å². The number of rotatable bonds is 4. The normalized spacial score (nSPS) is 10.1. The van der Waals surface area contributed by atoms with Crippen LogP contribution in [0, 0.1) is 6.92 Å². The van der Waals surface area contributed by atoms with Crippen LogP contribution in [-0.2, 0) is 6.42 Å². The van der Waals surface area contributed by atoms with E-state index in [1.165, 1.54) is 11.1 Å². The minimum absolute atomic E-state index is 0.728. The van der Waals surface area contributed by atoms with E-state index in [1.54, 1.807) is 0 Å². The number of benzene rings is 1. The Bertz CT molecular complexity index is 271. The van der Waals surface area contributed by atoms with Crippen molar-refractivity contribution in [3.63, 3.8) is 0 Å². The highest BCUT2D eigenvalue weighted by molar-refractivity contribution is 7.80. The Morgan fingerprint density at radius 3 is 2.69 bits per heavy atom. The third-order valence-corrected chi connectivity index (χ3v) is 2.23. The van der Waals surface area contributed by atoms with Gasteiger partial charge in [-0.15, -0.1) is 0 Å². The van der Waals surface area contributed by atoms with E-state index in [0.29, 0.717) is 0 Å². The zero-order valence-corrected chi connectivity index (χ0v) is 9.10. The summed E-state index contributed by atoms with van der Waals surface area (Å²) >= 11 is 4.22. The number of thiol groups is 1. The Morgan fingerprint density at radius 1 is 1.38 bits per heavy atom. The highest BCUT2D eigenvalue weighted by Crippen LogP contribution is 2.17. The van der Waals surface area contributed by atoms with Crippen LogP contribution >= 0.6 is 12.6 Å². The monoisotopic (exact) mass is 196 g/mol. The van der Waals surface area contributed by atoms with Crippen molar-refractivity contribution in [2.75, 3.05) is 12.4 Å². The summed E-state index contributed by atoms with van der Waals surface area (Å²) in [7, 11) is 0. The second kappa shape index (κ2) is 5.18. The number of hydrogen-bond acceptors (Lipinski definition) is 2. The van der Waals surface area contributed by atoms with E-state index in [4.69, 9.17) is 4.74 Å². The highest BCUT2D eigenvalue weighted by atomic mass is 32.1. The van der Waals surface area contributed by atoms with Crippen LogP contribution in [0.2, 0.25) is 0 Å². The molecule has 1 rings (SSSR count). The quantitative estimate of drug-likeness (QED) is 0.729. The average molecular weight is 196 g/mol. The molecule has 0 heterocycles. The Balaban J connectivity index is 2.79. The van der Waals surface area contributed by atoms with E-state index in [1.807, 2.05) is 13.0 Å². The van der Waals surface area contributed by atoms with Gasteiger partial charge in [0.25, 0.3) is 0 Å². The van der Waals surface area contributed by atoms with E-state index >= 15 is 0 Å². The second-order valence-corrected chi connectivity index (χ2v) is 3.44. The summed E-state index contributed by atoms with van der Waals surface area (Å²) < 4.78 is 5.40. The maximum Gasteiger partial charge on any atom is 0.119 e.